The third kappa shape index (κ3) is 2.94. The number of nitrogens with one attached hydrogen (secondary N) is 1. The van der Waals surface area contributed by atoms with Gasteiger partial charge in [-0.05, 0) is 12.1 Å². The van der Waals surface area contributed by atoms with Gasteiger partial charge in [0.25, 0.3) is 5.56 Å². The lowest BCUT2D eigenvalue weighted by Gasteiger charge is -2.15. The van der Waals surface area contributed by atoms with Crippen LogP contribution in [0.1, 0.15) is 23.4 Å². The molecule has 0 aliphatic carbocycles. The van der Waals surface area contributed by atoms with Crippen LogP contribution in [0, 0.1) is 11.3 Å². The number of hydrogen-bond donors (Lipinski definition) is 1. The van der Waals surface area contributed by atoms with E-state index in [1.54, 1.807) is 11.3 Å². The molecule has 0 saturated heterocycles. The molecule has 0 fully saturated rings. The van der Waals surface area contributed by atoms with Crippen molar-refractivity contribution in [2.75, 3.05) is 11.9 Å². The highest BCUT2D eigenvalue weighted by atomic mass is 32.1. The van der Waals surface area contributed by atoms with Gasteiger partial charge in [0.05, 0.1) is 15.2 Å². The summed E-state index contributed by atoms with van der Waals surface area (Å²) in [6.45, 7) is 2.46. The van der Waals surface area contributed by atoms with Crippen LogP contribution in [0.25, 0.3) is 10.2 Å². The summed E-state index contributed by atoms with van der Waals surface area (Å²) in [5, 5.41) is 13.3. The first-order valence-corrected chi connectivity index (χ1v) is 8.55. The number of thiazole rings is 1. The van der Waals surface area contributed by atoms with Crippen molar-refractivity contribution in [2.45, 2.75) is 12.8 Å². The molecule has 128 valence electrons. The van der Waals surface area contributed by atoms with E-state index in [1.165, 1.54) is 18.7 Å². The van der Waals surface area contributed by atoms with Gasteiger partial charge in [0, 0.05) is 26.6 Å². The third-order valence-electron chi connectivity index (χ3n) is 4.08. The zero-order valence-electron chi connectivity index (χ0n) is 14.1. The summed E-state index contributed by atoms with van der Waals surface area (Å²) >= 11 is 1.61. The molecule has 0 bridgehead atoms. The normalized spacial score (nSPS) is 12.1. The summed E-state index contributed by atoms with van der Waals surface area (Å²) in [5.41, 5.74) is -0.186. The second-order valence-electron chi connectivity index (χ2n) is 5.84. The molecule has 0 spiro atoms. The Hall–Kier alpha value is -2.92. The van der Waals surface area contributed by atoms with Crippen LogP contribution in [0.2, 0.25) is 0 Å². The van der Waals surface area contributed by atoms with Crippen molar-refractivity contribution < 1.29 is 0 Å². The third-order valence-corrected chi connectivity index (χ3v) is 5.35. The van der Waals surface area contributed by atoms with Crippen LogP contribution in [0.15, 0.2) is 33.9 Å². The Morgan fingerprint density at radius 2 is 2.00 bits per heavy atom. The Labute approximate surface area is 147 Å². The summed E-state index contributed by atoms with van der Waals surface area (Å²) in [7, 11) is 2.90. The van der Waals surface area contributed by atoms with Gasteiger partial charge in [-0.2, -0.15) is 5.26 Å². The van der Waals surface area contributed by atoms with Gasteiger partial charge in [0.2, 0.25) is 0 Å². The van der Waals surface area contributed by atoms with Gasteiger partial charge in [0.15, 0.2) is 5.56 Å². The summed E-state index contributed by atoms with van der Waals surface area (Å²) in [4.78, 5) is 28.8. The van der Waals surface area contributed by atoms with Crippen LogP contribution < -0.4 is 16.6 Å². The summed E-state index contributed by atoms with van der Waals surface area (Å²) in [6.07, 6.45) is 0. The topological polar surface area (TPSA) is 92.7 Å². The molecule has 1 atom stereocenters. The first-order chi connectivity index (χ1) is 11.9. The molecule has 0 aliphatic rings. The molecule has 2 heterocycles. The number of fused-ring (bicyclic) bond motifs is 1. The van der Waals surface area contributed by atoms with Crippen LogP contribution in [0.4, 0.5) is 5.82 Å². The first-order valence-electron chi connectivity index (χ1n) is 7.73. The number of rotatable bonds is 4. The minimum Gasteiger partial charge on any atom is -0.369 e. The molecule has 3 rings (SSSR count). The summed E-state index contributed by atoms with van der Waals surface area (Å²) in [5.74, 6) is 0.298. The summed E-state index contributed by atoms with van der Waals surface area (Å²) < 4.78 is 3.33. The van der Waals surface area contributed by atoms with E-state index in [9.17, 15) is 14.9 Å². The second kappa shape index (κ2) is 6.53. The van der Waals surface area contributed by atoms with E-state index < -0.39 is 11.2 Å². The Morgan fingerprint density at radius 3 is 2.68 bits per heavy atom. The lowest BCUT2D eigenvalue weighted by atomic mass is 10.2. The van der Waals surface area contributed by atoms with Crippen molar-refractivity contribution in [2.24, 2.45) is 14.1 Å². The van der Waals surface area contributed by atoms with Crippen LogP contribution in [-0.2, 0) is 14.1 Å². The maximum Gasteiger partial charge on any atom is 0.332 e. The monoisotopic (exact) mass is 355 g/mol. The molecular formula is C17H17N5O2S. The van der Waals surface area contributed by atoms with E-state index in [4.69, 9.17) is 0 Å². The van der Waals surface area contributed by atoms with Crippen molar-refractivity contribution in [1.29, 1.82) is 5.26 Å². The molecule has 0 amide bonds. The molecule has 7 nitrogen and oxygen atoms in total. The van der Waals surface area contributed by atoms with Crippen molar-refractivity contribution in [3.8, 4) is 6.07 Å². The van der Waals surface area contributed by atoms with Crippen molar-refractivity contribution in [3.63, 3.8) is 0 Å². The largest absolute Gasteiger partial charge is 0.369 e. The van der Waals surface area contributed by atoms with Crippen molar-refractivity contribution in [3.05, 3.63) is 55.7 Å². The molecule has 1 aromatic carbocycles. The molecule has 1 unspecified atom stereocenters. The fourth-order valence-electron chi connectivity index (χ4n) is 2.59. The average Bonchev–Trinajstić information content (AvgIpc) is 3.05. The van der Waals surface area contributed by atoms with Crippen LogP contribution >= 0.6 is 11.3 Å². The molecule has 2 aromatic heterocycles. The molecule has 25 heavy (non-hydrogen) atoms. The number of benzene rings is 1. The minimum atomic E-state index is -0.597. The van der Waals surface area contributed by atoms with E-state index in [1.807, 2.05) is 37.3 Å². The molecule has 3 aromatic rings. The van der Waals surface area contributed by atoms with Gasteiger partial charge >= 0.3 is 5.69 Å². The SMILES string of the molecule is CC(CNc1c(C#N)c(=O)n(C)c(=O)n1C)c1nc2ccccc2s1. The highest BCUT2D eigenvalue weighted by molar-refractivity contribution is 7.18. The van der Waals surface area contributed by atoms with E-state index in [0.29, 0.717) is 6.54 Å². The van der Waals surface area contributed by atoms with Gasteiger partial charge in [-0.3, -0.25) is 13.9 Å². The fourth-order valence-corrected chi connectivity index (χ4v) is 3.61. The Kier molecular flexibility index (Phi) is 4.42. The maximum absolute atomic E-state index is 12.1. The van der Waals surface area contributed by atoms with Crippen molar-refractivity contribution in [1.82, 2.24) is 14.1 Å². The number of anilines is 1. The van der Waals surface area contributed by atoms with Gasteiger partial charge in [-0.25, -0.2) is 9.78 Å². The zero-order valence-corrected chi connectivity index (χ0v) is 14.9. The highest BCUT2D eigenvalue weighted by Crippen LogP contribution is 2.27. The Bertz CT molecular complexity index is 1070. The molecule has 0 aliphatic heterocycles. The van der Waals surface area contributed by atoms with E-state index >= 15 is 0 Å². The van der Waals surface area contributed by atoms with E-state index in [-0.39, 0.29) is 17.3 Å². The Morgan fingerprint density at radius 1 is 1.28 bits per heavy atom. The number of nitrogens with zero attached hydrogens (tertiary/aromatic N) is 4. The average molecular weight is 355 g/mol. The molecule has 0 saturated carbocycles. The highest BCUT2D eigenvalue weighted by Gasteiger charge is 2.17. The predicted molar refractivity (Wildman–Crippen MR) is 98.2 cm³/mol. The van der Waals surface area contributed by atoms with E-state index in [2.05, 4.69) is 10.3 Å². The Balaban J connectivity index is 1.90. The molecular weight excluding hydrogens is 338 g/mol. The molecule has 0 radical (unpaired) electrons. The number of para-hydroxylation sites is 1. The number of hydrogen-bond acceptors (Lipinski definition) is 6. The van der Waals surface area contributed by atoms with Crippen molar-refractivity contribution >= 4 is 27.4 Å². The molecule has 1 N–H and O–H groups in total. The quantitative estimate of drug-likeness (QED) is 0.770. The van der Waals surface area contributed by atoms with Crippen LogP contribution in [-0.4, -0.2) is 20.7 Å². The van der Waals surface area contributed by atoms with Gasteiger partial charge < -0.3 is 5.32 Å². The van der Waals surface area contributed by atoms with Gasteiger partial charge in [-0.15, -0.1) is 11.3 Å². The van der Waals surface area contributed by atoms with Crippen LogP contribution in [0.5, 0.6) is 0 Å². The standard InChI is InChI=1S/C17H17N5O2S/c1-10(15-20-12-6-4-5-7-13(12)25-15)9-19-14-11(8-18)16(23)22(3)17(24)21(14)2/h4-7,10,19H,9H2,1-3H3. The lowest BCUT2D eigenvalue weighted by Crippen LogP contribution is -2.40. The second-order valence-corrected chi connectivity index (χ2v) is 6.91. The number of aromatic nitrogens is 3. The zero-order chi connectivity index (χ0) is 18.1. The molecule has 8 heteroatoms. The van der Waals surface area contributed by atoms with Gasteiger partial charge in [-0.1, -0.05) is 19.1 Å². The predicted octanol–water partition coefficient (Wildman–Crippen LogP) is 1.78. The summed E-state index contributed by atoms with van der Waals surface area (Å²) in [6, 6.07) is 9.80. The van der Waals surface area contributed by atoms with Gasteiger partial charge in [0.1, 0.15) is 11.9 Å². The minimum absolute atomic E-state index is 0.0584. The lowest BCUT2D eigenvalue weighted by molar-refractivity contribution is 0.680. The first kappa shape index (κ1) is 16.9. The van der Waals surface area contributed by atoms with Crippen LogP contribution in [0.3, 0.4) is 0 Å². The smallest absolute Gasteiger partial charge is 0.332 e. The maximum atomic E-state index is 12.1. The number of nitriles is 1. The van der Waals surface area contributed by atoms with E-state index in [0.717, 1.165) is 19.8 Å². The fraction of sp³-hybridized carbons (Fsp3) is 0.294.